The predicted molar refractivity (Wildman–Crippen MR) is 84.2 cm³/mol. The first-order chi connectivity index (χ1) is 10.0. The zero-order valence-electron chi connectivity index (χ0n) is 13.0. The largest absolute Gasteiger partial charge is 0.496 e. The molecule has 3 N–H and O–H groups in total. The summed E-state index contributed by atoms with van der Waals surface area (Å²) in [5.74, 6) is 0.822. The number of carbonyl (C=O) groups excluding carboxylic acids is 1. The molecule has 1 aliphatic rings. The van der Waals surface area contributed by atoms with Gasteiger partial charge in [0, 0.05) is 17.5 Å². The van der Waals surface area contributed by atoms with Crippen LogP contribution in [-0.4, -0.2) is 18.6 Å². The van der Waals surface area contributed by atoms with Crippen LogP contribution in [0.1, 0.15) is 57.1 Å². The van der Waals surface area contributed by atoms with E-state index in [9.17, 15) is 4.79 Å². The molecule has 0 aliphatic heterocycles. The van der Waals surface area contributed by atoms with E-state index in [0.717, 1.165) is 37.0 Å². The first kappa shape index (κ1) is 15.8. The Bertz CT molecular complexity index is 481. The van der Waals surface area contributed by atoms with Crippen molar-refractivity contribution in [3.63, 3.8) is 0 Å². The summed E-state index contributed by atoms with van der Waals surface area (Å²) < 4.78 is 5.34. The van der Waals surface area contributed by atoms with Crippen molar-refractivity contribution in [3.05, 3.63) is 29.8 Å². The predicted octanol–water partition coefficient (Wildman–Crippen LogP) is 2.92. The van der Waals surface area contributed by atoms with Gasteiger partial charge in [-0.3, -0.25) is 4.79 Å². The van der Waals surface area contributed by atoms with Gasteiger partial charge in [0.1, 0.15) is 5.75 Å². The first-order valence-corrected chi connectivity index (χ1v) is 7.75. The van der Waals surface area contributed by atoms with Crippen molar-refractivity contribution < 1.29 is 9.53 Å². The fourth-order valence-electron chi connectivity index (χ4n) is 3.15. The minimum absolute atomic E-state index is 0.0257. The lowest BCUT2D eigenvalue weighted by atomic mass is 9.80. The van der Waals surface area contributed by atoms with E-state index in [2.05, 4.69) is 5.32 Å². The topological polar surface area (TPSA) is 64.3 Å². The number of methoxy groups -OCH3 is 1. The van der Waals surface area contributed by atoms with Crippen molar-refractivity contribution in [1.82, 2.24) is 5.32 Å². The van der Waals surface area contributed by atoms with Crippen LogP contribution in [0.4, 0.5) is 0 Å². The zero-order valence-corrected chi connectivity index (χ0v) is 13.0. The van der Waals surface area contributed by atoms with Gasteiger partial charge >= 0.3 is 0 Å². The third kappa shape index (κ3) is 4.21. The van der Waals surface area contributed by atoms with E-state index in [0.29, 0.717) is 6.42 Å². The van der Waals surface area contributed by atoms with Gasteiger partial charge in [0.15, 0.2) is 0 Å². The van der Waals surface area contributed by atoms with Gasteiger partial charge in [-0.15, -0.1) is 0 Å². The lowest BCUT2D eigenvalue weighted by Crippen LogP contribution is -2.46. The van der Waals surface area contributed by atoms with Crippen LogP contribution >= 0.6 is 0 Å². The summed E-state index contributed by atoms with van der Waals surface area (Å²) >= 11 is 0. The maximum atomic E-state index is 12.3. The van der Waals surface area contributed by atoms with Gasteiger partial charge in [0.25, 0.3) is 0 Å². The van der Waals surface area contributed by atoms with Crippen LogP contribution in [0, 0.1) is 0 Å². The second-order valence-electron chi connectivity index (χ2n) is 6.13. The summed E-state index contributed by atoms with van der Waals surface area (Å²) in [5.41, 5.74) is 7.02. The number of para-hydroxylation sites is 1. The van der Waals surface area contributed by atoms with Gasteiger partial charge in [-0.1, -0.05) is 37.5 Å². The molecule has 1 aliphatic carbocycles. The van der Waals surface area contributed by atoms with Crippen LogP contribution in [0.25, 0.3) is 0 Å². The summed E-state index contributed by atoms with van der Waals surface area (Å²) in [6, 6.07) is 7.67. The van der Waals surface area contributed by atoms with E-state index in [4.69, 9.17) is 10.5 Å². The molecule has 1 atom stereocenters. The van der Waals surface area contributed by atoms with Gasteiger partial charge in [-0.05, 0) is 25.8 Å². The number of carbonyl (C=O) groups is 1. The van der Waals surface area contributed by atoms with Crippen molar-refractivity contribution in [2.45, 2.75) is 57.0 Å². The van der Waals surface area contributed by atoms with Gasteiger partial charge in [0.2, 0.25) is 5.91 Å². The average molecular weight is 290 g/mol. The summed E-state index contributed by atoms with van der Waals surface area (Å²) in [6.45, 7) is 1.97. The van der Waals surface area contributed by atoms with Crippen molar-refractivity contribution in [1.29, 1.82) is 0 Å². The Balaban J connectivity index is 1.95. The number of ether oxygens (including phenoxy) is 1. The van der Waals surface area contributed by atoms with E-state index in [-0.39, 0.29) is 17.5 Å². The summed E-state index contributed by atoms with van der Waals surface area (Å²) in [4.78, 5) is 12.3. The second-order valence-corrected chi connectivity index (χ2v) is 6.13. The van der Waals surface area contributed by atoms with Gasteiger partial charge in [0.05, 0.1) is 13.2 Å². The smallest absolute Gasteiger partial charge is 0.222 e. The molecule has 1 aromatic rings. The van der Waals surface area contributed by atoms with Gasteiger partial charge in [-0.2, -0.15) is 0 Å². The van der Waals surface area contributed by atoms with Crippen molar-refractivity contribution in [3.8, 4) is 5.75 Å². The normalized spacial score (nSPS) is 18.8. The molecule has 1 saturated carbocycles. The van der Waals surface area contributed by atoms with Crippen molar-refractivity contribution >= 4 is 5.91 Å². The molecule has 0 unspecified atom stereocenters. The maximum Gasteiger partial charge on any atom is 0.222 e. The highest BCUT2D eigenvalue weighted by molar-refractivity contribution is 5.77. The Kier molecular flexibility index (Phi) is 5.23. The minimum Gasteiger partial charge on any atom is -0.496 e. The Morgan fingerprint density at radius 1 is 1.33 bits per heavy atom. The molecule has 0 spiro atoms. The molecule has 0 bridgehead atoms. The number of rotatable bonds is 5. The van der Waals surface area contributed by atoms with E-state index in [1.165, 1.54) is 6.42 Å². The van der Waals surface area contributed by atoms with Crippen molar-refractivity contribution in [2.75, 3.05) is 7.11 Å². The fraction of sp³-hybridized carbons (Fsp3) is 0.588. The van der Waals surface area contributed by atoms with Gasteiger partial charge in [-0.25, -0.2) is 0 Å². The quantitative estimate of drug-likeness (QED) is 0.876. The van der Waals surface area contributed by atoms with Crippen LogP contribution in [0.5, 0.6) is 5.75 Å². The summed E-state index contributed by atoms with van der Waals surface area (Å²) in [5, 5.41) is 3.04. The molecule has 1 aromatic carbocycles. The van der Waals surface area contributed by atoms with Crippen LogP contribution in [0.15, 0.2) is 24.3 Å². The lowest BCUT2D eigenvalue weighted by molar-refractivity contribution is -0.123. The highest BCUT2D eigenvalue weighted by atomic mass is 16.5. The molecule has 4 heteroatoms. The van der Waals surface area contributed by atoms with E-state index in [1.807, 2.05) is 31.2 Å². The fourth-order valence-corrected chi connectivity index (χ4v) is 3.15. The molecule has 0 aromatic heterocycles. The second kappa shape index (κ2) is 6.94. The first-order valence-electron chi connectivity index (χ1n) is 7.75. The zero-order chi connectivity index (χ0) is 15.3. The van der Waals surface area contributed by atoms with E-state index >= 15 is 0 Å². The standard InChI is InChI=1S/C17H26N2O2/c1-13(14-8-4-5-9-15(14)21-2)19-16(20)12-17(18)10-6-3-7-11-17/h4-5,8-9,13H,3,6-7,10-12,18H2,1-2H3,(H,19,20)/t13-/m1/s1. The number of hydrogen-bond donors (Lipinski definition) is 2. The van der Waals surface area contributed by atoms with E-state index < -0.39 is 0 Å². The lowest BCUT2D eigenvalue weighted by Gasteiger charge is -2.33. The van der Waals surface area contributed by atoms with E-state index in [1.54, 1.807) is 7.11 Å². The SMILES string of the molecule is COc1ccccc1[C@@H](C)NC(=O)CC1(N)CCCCC1. The number of amides is 1. The van der Waals surface area contributed by atoms with Gasteiger partial charge < -0.3 is 15.8 Å². The molecule has 4 nitrogen and oxygen atoms in total. The number of nitrogens with one attached hydrogen (secondary N) is 1. The molecule has 0 saturated heterocycles. The maximum absolute atomic E-state index is 12.3. The molecular formula is C17H26N2O2. The van der Waals surface area contributed by atoms with Crippen LogP contribution in [0.3, 0.4) is 0 Å². The third-order valence-corrected chi connectivity index (χ3v) is 4.34. The summed E-state index contributed by atoms with van der Waals surface area (Å²) in [6.07, 6.45) is 5.80. The molecule has 0 radical (unpaired) electrons. The number of benzene rings is 1. The Morgan fingerprint density at radius 2 is 2.00 bits per heavy atom. The highest BCUT2D eigenvalue weighted by Gasteiger charge is 2.30. The Morgan fingerprint density at radius 3 is 2.67 bits per heavy atom. The Labute approximate surface area is 127 Å². The Hall–Kier alpha value is -1.55. The molecule has 2 rings (SSSR count). The van der Waals surface area contributed by atoms with Crippen molar-refractivity contribution in [2.24, 2.45) is 5.73 Å². The molecule has 1 amide bonds. The summed E-state index contributed by atoms with van der Waals surface area (Å²) in [7, 11) is 1.64. The highest BCUT2D eigenvalue weighted by Crippen LogP contribution is 2.29. The number of hydrogen-bond acceptors (Lipinski definition) is 3. The third-order valence-electron chi connectivity index (χ3n) is 4.34. The average Bonchev–Trinajstić information content (AvgIpc) is 2.47. The van der Waals surface area contributed by atoms with Crippen LogP contribution < -0.4 is 15.8 Å². The van der Waals surface area contributed by atoms with Crippen LogP contribution in [0.2, 0.25) is 0 Å². The molecule has 0 heterocycles. The molecule has 116 valence electrons. The minimum atomic E-state index is -0.317. The molecule has 21 heavy (non-hydrogen) atoms. The molecular weight excluding hydrogens is 264 g/mol. The monoisotopic (exact) mass is 290 g/mol. The molecule has 1 fully saturated rings. The van der Waals surface area contributed by atoms with Crippen LogP contribution in [-0.2, 0) is 4.79 Å². The number of nitrogens with two attached hydrogens (primary N) is 1.